The van der Waals surface area contributed by atoms with Crippen molar-refractivity contribution in [1.82, 2.24) is 15.3 Å². The van der Waals surface area contributed by atoms with Crippen LogP contribution in [0.1, 0.15) is 32.3 Å². The van der Waals surface area contributed by atoms with E-state index in [1.807, 2.05) is 18.3 Å². The lowest BCUT2D eigenvalue weighted by atomic mass is 10.1. The number of amidine groups is 1. The highest BCUT2D eigenvalue weighted by atomic mass is 16.2. The highest BCUT2D eigenvalue weighted by Crippen LogP contribution is 2.21. The van der Waals surface area contributed by atoms with E-state index >= 15 is 0 Å². The molecule has 5 nitrogen and oxygen atoms in total. The molecule has 2 N–H and O–H groups in total. The predicted octanol–water partition coefficient (Wildman–Crippen LogP) is 2.87. The number of aromatic amines is 1. The van der Waals surface area contributed by atoms with E-state index in [2.05, 4.69) is 34.1 Å². The average Bonchev–Trinajstić information content (AvgIpc) is 3.02. The number of pyridine rings is 1. The first-order valence-electron chi connectivity index (χ1n) is 7.16. The van der Waals surface area contributed by atoms with Crippen molar-refractivity contribution in [2.45, 2.75) is 26.7 Å². The van der Waals surface area contributed by atoms with Crippen molar-refractivity contribution in [3.05, 3.63) is 35.8 Å². The number of carbonyl (C=O) groups is 1. The van der Waals surface area contributed by atoms with E-state index in [1.165, 1.54) is 0 Å². The Morgan fingerprint density at radius 3 is 3.05 bits per heavy atom. The fourth-order valence-electron chi connectivity index (χ4n) is 2.30. The molecule has 0 fully saturated rings. The fraction of sp³-hybridized carbons (Fsp3) is 0.312. The molecule has 1 amide bonds. The van der Waals surface area contributed by atoms with E-state index in [0.29, 0.717) is 11.6 Å². The van der Waals surface area contributed by atoms with Crippen LogP contribution >= 0.6 is 0 Å². The van der Waals surface area contributed by atoms with Crippen LogP contribution in [-0.4, -0.2) is 21.7 Å². The second-order valence-corrected chi connectivity index (χ2v) is 5.62. The topological polar surface area (TPSA) is 70.1 Å². The second kappa shape index (κ2) is 5.52. The lowest BCUT2D eigenvalue weighted by Gasteiger charge is -2.02. The molecule has 0 saturated carbocycles. The first-order valence-corrected chi connectivity index (χ1v) is 7.16. The number of carbonyl (C=O) groups excluding carboxylic acids is 1. The summed E-state index contributed by atoms with van der Waals surface area (Å²) in [6, 6.07) is 3.85. The molecule has 2 aromatic rings. The highest BCUT2D eigenvalue weighted by molar-refractivity contribution is 6.14. The van der Waals surface area contributed by atoms with E-state index in [1.54, 1.807) is 12.3 Å². The molecule has 108 valence electrons. The van der Waals surface area contributed by atoms with Gasteiger partial charge in [0.15, 0.2) is 0 Å². The summed E-state index contributed by atoms with van der Waals surface area (Å²) in [5.41, 5.74) is 2.20. The van der Waals surface area contributed by atoms with Crippen molar-refractivity contribution in [3.8, 4) is 0 Å². The minimum Gasteiger partial charge on any atom is -0.346 e. The standard InChI is InChI=1S/C16H18N4O/c1-10(2)5-6-14-19-13(16(21)20-14)8-11-9-18-15-12(11)4-3-7-17-15/h3-4,7-10H,5-6H2,1-2H3,(H,17,18)(H,19,20,21)/b13-8-. The van der Waals surface area contributed by atoms with Crippen LogP contribution in [0.2, 0.25) is 0 Å². The molecule has 0 unspecified atom stereocenters. The molecule has 1 aliphatic rings. The highest BCUT2D eigenvalue weighted by Gasteiger charge is 2.20. The van der Waals surface area contributed by atoms with Gasteiger partial charge in [-0.05, 0) is 30.5 Å². The van der Waals surface area contributed by atoms with Gasteiger partial charge in [0.1, 0.15) is 17.2 Å². The zero-order valence-corrected chi connectivity index (χ0v) is 12.2. The number of nitrogens with zero attached hydrogens (tertiary/aromatic N) is 2. The van der Waals surface area contributed by atoms with E-state index < -0.39 is 0 Å². The minimum atomic E-state index is -0.132. The van der Waals surface area contributed by atoms with Gasteiger partial charge in [-0.25, -0.2) is 9.98 Å². The monoisotopic (exact) mass is 282 g/mol. The van der Waals surface area contributed by atoms with Crippen LogP contribution < -0.4 is 5.32 Å². The summed E-state index contributed by atoms with van der Waals surface area (Å²) in [4.78, 5) is 23.7. The van der Waals surface area contributed by atoms with Gasteiger partial charge >= 0.3 is 0 Å². The van der Waals surface area contributed by atoms with Crippen molar-refractivity contribution < 1.29 is 4.79 Å². The van der Waals surface area contributed by atoms with E-state index in [9.17, 15) is 4.79 Å². The van der Waals surface area contributed by atoms with Crippen molar-refractivity contribution >= 4 is 28.9 Å². The molecule has 0 spiro atoms. The molecule has 0 saturated heterocycles. The maximum absolute atomic E-state index is 12.0. The van der Waals surface area contributed by atoms with Crippen molar-refractivity contribution in [2.24, 2.45) is 10.9 Å². The number of fused-ring (bicyclic) bond motifs is 1. The lowest BCUT2D eigenvalue weighted by Crippen LogP contribution is -2.24. The van der Waals surface area contributed by atoms with Gasteiger partial charge in [-0.1, -0.05) is 13.8 Å². The molecule has 5 heteroatoms. The molecule has 3 heterocycles. The van der Waals surface area contributed by atoms with Gasteiger partial charge < -0.3 is 10.3 Å². The Balaban J connectivity index is 1.87. The minimum absolute atomic E-state index is 0.132. The van der Waals surface area contributed by atoms with Crippen LogP contribution in [0.5, 0.6) is 0 Å². The summed E-state index contributed by atoms with van der Waals surface area (Å²) in [5, 5.41) is 3.83. The van der Waals surface area contributed by atoms with Crippen molar-refractivity contribution in [2.75, 3.05) is 0 Å². The van der Waals surface area contributed by atoms with Crippen LogP contribution in [0.3, 0.4) is 0 Å². The zero-order chi connectivity index (χ0) is 14.8. The molecule has 0 bridgehead atoms. The van der Waals surface area contributed by atoms with E-state index in [0.717, 1.165) is 35.3 Å². The maximum atomic E-state index is 12.0. The Morgan fingerprint density at radius 2 is 2.24 bits per heavy atom. The first-order chi connectivity index (χ1) is 10.1. The van der Waals surface area contributed by atoms with Gasteiger partial charge in [0, 0.05) is 29.8 Å². The predicted molar refractivity (Wildman–Crippen MR) is 83.7 cm³/mol. The molecular formula is C16H18N4O. The third-order valence-electron chi connectivity index (χ3n) is 3.48. The van der Waals surface area contributed by atoms with Crippen LogP contribution in [0.25, 0.3) is 17.1 Å². The molecule has 0 atom stereocenters. The summed E-state index contributed by atoms with van der Waals surface area (Å²) < 4.78 is 0. The fourth-order valence-corrected chi connectivity index (χ4v) is 2.30. The normalized spacial score (nSPS) is 16.8. The van der Waals surface area contributed by atoms with Crippen molar-refractivity contribution in [1.29, 1.82) is 0 Å². The largest absolute Gasteiger partial charge is 0.346 e. The van der Waals surface area contributed by atoms with E-state index in [4.69, 9.17) is 0 Å². The number of hydrogen-bond donors (Lipinski definition) is 2. The molecule has 0 aromatic carbocycles. The quantitative estimate of drug-likeness (QED) is 0.846. The Morgan fingerprint density at radius 1 is 1.38 bits per heavy atom. The van der Waals surface area contributed by atoms with Gasteiger partial charge in [-0.3, -0.25) is 4.79 Å². The number of amides is 1. The van der Waals surface area contributed by atoms with Crippen LogP contribution in [0.15, 0.2) is 35.2 Å². The van der Waals surface area contributed by atoms with Gasteiger partial charge in [0.05, 0.1) is 0 Å². The van der Waals surface area contributed by atoms with Crippen LogP contribution in [-0.2, 0) is 4.79 Å². The number of aromatic nitrogens is 2. The lowest BCUT2D eigenvalue weighted by molar-refractivity contribution is -0.115. The molecule has 21 heavy (non-hydrogen) atoms. The Labute approximate surface area is 123 Å². The summed E-state index contributed by atoms with van der Waals surface area (Å²) in [6.07, 6.45) is 7.21. The number of hydrogen-bond acceptors (Lipinski definition) is 3. The molecule has 0 aliphatic carbocycles. The first kappa shape index (κ1) is 13.5. The van der Waals surface area contributed by atoms with E-state index in [-0.39, 0.29) is 5.91 Å². The van der Waals surface area contributed by atoms with Crippen LogP contribution in [0.4, 0.5) is 0 Å². The summed E-state index contributed by atoms with van der Waals surface area (Å²) in [6.45, 7) is 4.32. The molecule has 0 radical (unpaired) electrons. The van der Waals surface area contributed by atoms with Gasteiger partial charge in [0.25, 0.3) is 5.91 Å². The number of aliphatic imine (C=N–C) groups is 1. The number of H-pyrrole nitrogens is 1. The van der Waals surface area contributed by atoms with Crippen LogP contribution in [0, 0.1) is 5.92 Å². The smallest absolute Gasteiger partial charge is 0.275 e. The molecule has 3 rings (SSSR count). The second-order valence-electron chi connectivity index (χ2n) is 5.62. The van der Waals surface area contributed by atoms with Gasteiger partial charge in [0.2, 0.25) is 0 Å². The third kappa shape index (κ3) is 2.86. The SMILES string of the molecule is CC(C)CCC1=N/C(=C\c2c[nH]c3ncccc23)C(=O)N1. The number of nitrogens with one attached hydrogen (secondary N) is 2. The third-order valence-corrected chi connectivity index (χ3v) is 3.48. The Bertz CT molecular complexity index is 740. The molecule has 2 aromatic heterocycles. The van der Waals surface area contributed by atoms with Crippen molar-refractivity contribution in [3.63, 3.8) is 0 Å². The molecule has 1 aliphatic heterocycles. The number of rotatable bonds is 4. The Kier molecular flexibility index (Phi) is 3.56. The Hall–Kier alpha value is -2.43. The molecular weight excluding hydrogens is 264 g/mol. The average molecular weight is 282 g/mol. The zero-order valence-electron chi connectivity index (χ0n) is 12.2. The summed E-state index contributed by atoms with van der Waals surface area (Å²) >= 11 is 0. The van der Waals surface area contributed by atoms with Gasteiger partial charge in [-0.15, -0.1) is 0 Å². The van der Waals surface area contributed by atoms with Gasteiger partial charge in [-0.2, -0.15) is 0 Å². The summed E-state index contributed by atoms with van der Waals surface area (Å²) in [5.74, 6) is 1.22. The summed E-state index contributed by atoms with van der Waals surface area (Å²) in [7, 11) is 0. The maximum Gasteiger partial charge on any atom is 0.275 e.